The van der Waals surface area contributed by atoms with Crippen LogP contribution in [0, 0.1) is 5.82 Å². The highest BCUT2D eigenvalue weighted by atomic mass is 35.5. The Hall–Kier alpha value is -1.96. The molecular formula is C14H12ClFN4OS. The van der Waals surface area contributed by atoms with Crippen LogP contribution in [-0.2, 0) is 13.1 Å². The van der Waals surface area contributed by atoms with Crippen LogP contribution in [0.25, 0.3) is 11.0 Å². The lowest BCUT2D eigenvalue weighted by Crippen LogP contribution is -2.22. The summed E-state index contributed by atoms with van der Waals surface area (Å²) >= 11 is 7.06. The van der Waals surface area contributed by atoms with Crippen molar-refractivity contribution in [1.29, 1.82) is 0 Å². The van der Waals surface area contributed by atoms with Gasteiger partial charge in [-0.25, -0.2) is 9.37 Å². The fraction of sp³-hybridized carbons (Fsp3) is 0.143. The average molecular weight is 339 g/mol. The summed E-state index contributed by atoms with van der Waals surface area (Å²) in [7, 11) is 0. The molecular weight excluding hydrogens is 327 g/mol. The number of imidazole rings is 1. The molecule has 1 amide bonds. The number of aromatic amines is 1. The summed E-state index contributed by atoms with van der Waals surface area (Å²) in [6.45, 7) is 0.621. The van der Waals surface area contributed by atoms with Gasteiger partial charge in [0.25, 0.3) is 5.91 Å². The Morgan fingerprint density at radius 3 is 3.00 bits per heavy atom. The normalized spacial score (nSPS) is 11.0. The molecule has 114 valence electrons. The van der Waals surface area contributed by atoms with Gasteiger partial charge in [-0.15, -0.1) is 11.3 Å². The summed E-state index contributed by atoms with van der Waals surface area (Å²) in [5, 5.41) is 2.77. The van der Waals surface area contributed by atoms with E-state index >= 15 is 0 Å². The van der Waals surface area contributed by atoms with Crippen molar-refractivity contribution >= 4 is 39.9 Å². The summed E-state index contributed by atoms with van der Waals surface area (Å²) in [5.74, 6) is -0.184. The van der Waals surface area contributed by atoms with Crippen LogP contribution in [0.15, 0.2) is 24.3 Å². The summed E-state index contributed by atoms with van der Waals surface area (Å²) in [5.41, 5.74) is 6.61. The van der Waals surface area contributed by atoms with Crippen LogP contribution in [-0.4, -0.2) is 15.9 Å². The Bertz CT molecular complexity index is 806. The molecule has 8 heteroatoms. The van der Waals surface area contributed by atoms with Crippen molar-refractivity contribution in [2.24, 2.45) is 5.73 Å². The summed E-state index contributed by atoms with van der Waals surface area (Å²) in [6.07, 6.45) is 0. The van der Waals surface area contributed by atoms with E-state index in [2.05, 4.69) is 15.3 Å². The Morgan fingerprint density at radius 1 is 1.45 bits per heavy atom. The third-order valence-electron chi connectivity index (χ3n) is 3.08. The number of halogens is 2. The standard InChI is InChI=1S/C14H12ClFN4OS/c15-8-3-10-11(4-9(8)16)20-13(19-10)6-18-14(21)12-2-1-7(5-17)22-12/h1-4H,5-6,17H2,(H,18,21)(H,19,20). The molecule has 0 aliphatic carbocycles. The van der Waals surface area contributed by atoms with Gasteiger partial charge in [0, 0.05) is 17.5 Å². The summed E-state index contributed by atoms with van der Waals surface area (Å²) in [6, 6.07) is 6.28. The van der Waals surface area contributed by atoms with Crippen LogP contribution in [0.2, 0.25) is 5.02 Å². The smallest absolute Gasteiger partial charge is 0.261 e. The van der Waals surface area contributed by atoms with Crippen LogP contribution < -0.4 is 11.1 Å². The van der Waals surface area contributed by atoms with Crippen molar-refractivity contribution in [3.63, 3.8) is 0 Å². The van der Waals surface area contributed by atoms with Gasteiger partial charge in [0.05, 0.1) is 27.5 Å². The number of benzene rings is 1. The number of H-pyrrole nitrogens is 1. The molecule has 5 nitrogen and oxygen atoms in total. The van der Waals surface area contributed by atoms with E-state index in [1.807, 2.05) is 6.07 Å². The molecule has 3 aromatic rings. The number of nitrogens with two attached hydrogens (primary N) is 1. The second-order valence-electron chi connectivity index (χ2n) is 4.62. The van der Waals surface area contributed by atoms with E-state index in [9.17, 15) is 9.18 Å². The van der Waals surface area contributed by atoms with Crippen molar-refractivity contribution in [1.82, 2.24) is 15.3 Å². The van der Waals surface area contributed by atoms with E-state index in [1.165, 1.54) is 23.5 Å². The molecule has 3 rings (SSSR count). The summed E-state index contributed by atoms with van der Waals surface area (Å²) < 4.78 is 13.4. The molecule has 0 fully saturated rings. The predicted octanol–water partition coefficient (Wildman–Crippen LogP) is 2.81. The SMILES string of the molecule is NCc1ccc(C(=O)NCc2nc3cc(Cl)c(F)cc3[nH]2)s1. The van der Waals surface area contributed by atoms with E-state index < -0.39 is 5.82 Å². The number of aromatic nitrogens is 2. The van der Waals surface area contributed by atoms with E-state index in [0.717, 1.165) is 4.88 Å². The lowest BCUT2D eigenvalue weighted by molar-refractivity contribution is 0.0954. The van der Waals surface area contributed by atoms with Crippen molar-refractivity contribution in [2.75, 3.05) is 0 Å². The maximum absolute atomic E-state index is 13.4. The second-order valence-corrected chi connectivity index (χ2v) is 6.20. The van der Waals surface area contributed by atoms with Crippen LogP contribution in [0.3, 0.4) is 0 Å². The number of carbonyl (C=O) groups excluding carboxylic acids is 1. The zero-order valence-electron chi connectivity index (χ0n) is 11.3. The number of hydrogen-bond acceptors (Lipinski definition) is 4. The fourth-order valence-corrected chi connectivity index (χ4v) is 2.96. The Morgan fingerprint density at radius 2 is 2.27 bits per heavy atom. The minimum atomic E-state index is -0.513. The molecule has 22 heavy (non-hydrogen) atoms. The number of fused-ring (bicyclic) bond motifs is 1. The highest BCUT2D eigenvalue weighted by Gasteiger charge is 2.11. The zero-order valence-corrected chi connectivity index (χ0v) is 12.9. The van der Waals surface area contributed by atoms with Gasteiger partial charge in [0.2, 0.25) is 0 Å². The molecule has 0 unspecified atom stereocenters. The van der Waals surface area contributed by atoms with E-state index in [1.54, 1.807) is 6.07 Å². The number of rotatable bonds is 4. The number of hydrogen-bond donors (Lipinski definition) is 3. The van der Waals surface area contributed by atoms with E-state index in [4.69, 9.17) is 17.3 Å². The number of nitrogens with one attached hydrogen (secondary N) is 2. The second kappa shape index (κ2) is 6.04. The highest BCUT2D eigenvalue weighted by Crippen LogP contribution is 2.21. The van der Waals surface area contributed by atoms with Crippen LogP contribution >= 0.6 is 22.9 Å². The van der Waals surface area contributed by atoms with Gasteiger partial charge in [-0.1, -0.05) is 11.6 Å². The number of carbonyl (C=O) groups is 1. The Balaban J connectivity index is 1.72. The predicted molar refractivity (Wildman–Crippen MR) is 84.4 cm³/mol. The molecule has 0 aliphatic rings. The fourth-order valence-electron chi connectivity index (χ4n) is 2.00. The molecule has 0 radical (unpaired) electrons. The van der Waals surface area contributed by atoms with Gasteiger partial charge in [0.15, 0.2) is 0 Å². The van der Waals surface area contributed by atoms with Crippen molar-refractivity contribution < 1.29 is 9.18 Å². The maximum Gasteiger partial charge on any atom is 0.261 e. The molecule has 0 aliphatic heterocycles. The monoisotopic (exact) mass is 338 g/mol. The van der Waals surface area contributed by atoms with Gasteiger partial charge >= 0.3 is 0 Å². The van der Waals surface area contributed by atoms with Gasteiger partial charge < -0.3 is 16.0 Å². The summed E-state index contributed by atoms with van der Waals surface area (Å²) in [4.78, 5) is 20.7. The molecule has 0 atom stereocenters. The minimum absolute atomic E-state index is 0.0162. The van der Waals surface area contributed by atoms with Crippen LogP contribution in [0.1, 0.15) is 20.4 Å². The third kappa shape index (κ3) is 2.96. The van der Waals surface area contributed by atoms with Crippen LogP contribution in [0.5, 0.6) is 0 Å². The van der Waals surface area contributed by atoms with Gasteiger partial charge in [-0.3, -0.25) is 4.79 Å². The Kier molecular flexibility index (Phi) is 4.10. The minimum Gasteiger partial charge on any atom is -0.344 e. The van der Waals surface area contributed by atoms with E-state index in [0.29, 0.717) is 28.3 Å². The quantitative estimate of drug-likeness (QED) is 0.684. The molecule has 2 aromatic heterocycles. The maximum atomic E-state index is 13.4. The van der Waals surface area contributed by atoms with Crippen molar-refractivity contribution in [2.45, 2.75) is 13.1 Å². The number of nitrogens with zero attached hydrogens (tertiary/aromatic N) is 1. The van der Waals surface area contributed by atoms with Crippen LogP contribution in [0.4, 0.5) is 4.39 Å². The molecule has 2 heterocycles. The molecule has 0 spiro atoms. The van der Waals surface area contributed by atoms with Crippen molar-refractivity contribution in [3.8, 4) is 0 Å². The first-order valence-corrected chi connectivity index (χ1v) is 7.67. The Labute approximate surface area is 134 Å². The largest absolute Gasteiger partial charge is 0.344 e. The van der Waals surface area contributed by atoms with Gasteiger partial charge in [-0.05, 0) is 18.2 Å². The van der Waals surface area contributed by atoms with Crippen molar-refractivity contribution in [3.05, 3.63) is 50.7 Å². The molecule has 4 N–H and O–H groups in total. The third-order valence-corrected chi connectivity index (χ3v) is 4.47. The molecule has 0 saturated carbocycles. The van der Waals surface area contributed by atoms with E-state index in [-0.39, 0.29) is 17.5 Å². The van der Waals surface area contributed by atoms with Gasteiger partial charge in [-0.2, -0.15) is 0 Å². The molecule has 0 saturated heterocycles. The lowest BCUT2D eigenvalue weighted by atomic mass is 10.3. The number of amides is 1. The first-order chi connectivity index (χ1) is 10.6. The average Bonchev–Trinajstić information content (AvgIpc) is 3.11. The lowest BCUT2D eigenvalue weighted by Gasteiger charge is -2.00. The first kappa shape index (κ1) is 15.0. The molecule has 1 aromatic carbocycles. The molecule has 0 bridgehead atoms. The topological polar surface area (TPSA) is 83.8 Å². The first-order valence-electron chi connectivity index (χ1n) is 6.47. The number of thiophene rings is 1. The zero-order chi connectivity index (χ0) is 15.7. The highest BCUT2D eigenvalue weighted by molar-refractivity contribution is 7.14. The van der Waals surface area contributed by atoms with Gasteiger partial charge in [0.1, 0.15) is 11.6 Å².